The lowest BCUT2D eigenvalue weighted by atomic mass is 10.2. The first-order valence-electron chi connectivity index (χ1n) is 9.28. The minimum atomic E-state index is -0.627. The topological polar surface area (TPSA) is 120 Å². The van der Waals surface area contributed by atoms with Gasteiger partial charge in [0.25, 0.3) is 11.6 Å². The maximum absolute atomic E-state index is 12.2. The first-order valence-corrected chi connectivity index (χ1v) is 10.0. The lowest BCUT2D eigenvalue weighted by Gasteiger charge is -2.06. The molecule has 1 N–H and O–H groups in total. The van der Waals surface area contributed by atoms with Crippen LogP contribution in [0.4, 0.5) is 5.69 Å². The molecule has 3 aromatic carbocycles. The Hall–Kier alpha value is -3.95. The molecule has 0 aliphatic heterocycles. The quantitative estimate of drug-likeness (QED) is 0.162. The highest BCUT2D eigenvalue weighted by Gasteiger charge is 2.13. The van der Waals surface area contributed by atoms with E-state index in [1.807, 2.05) is 0 Å². The minimum Gasteiger partial charge on any atom is -0.484 e. The Morgan fingerprint density at radius 2 is 1.67 bits per heavy atom. The Morgan fingerprint density at radius 1 is 1.00 bits per heavy atom. The van der Waals surface area contributed by atoms with E-state index in [-0.39, 0.29) is 22.9 Å². The van der Waals surface area contributed by atoms with Crippen LogP contribution in [-0.4, -0.2) is 29.6 Å². The predicted molar refractivity (Wildman–Crippen MR) is 122 cm³/mol. The van der Waals surface area contributed by atoms with E-state index in [1.54, 1.807) is 24.3 Å². The van der Waals surface area contributed by atoms with Crippen molar-refractivity contribution in [1.82, 2.24) is 5.43 Å². The number of halogens is 2. The van der Waals surface area contributed by atoms with E-state index in [2.05, 4.69) is 10.5 Å². The fraction of sp³-hybridized carbons (Fsp3) is 0.0455. The second-order valence-electron chi connectivity index (χ2n) is 6.42. The Morgan fingerprint density at radius 3 is 2.30 bits per heavy atom. The second-order valence-corrected chi connectivity index (χ2v) is 7.26. The second kappa shape index (κ2) is 11.1. The number of nitro groups is 1. The molecule has 11 heteroatoms. The zero-order chi connectivity index (χ0) is 23.8. The number of non-ortho nitro benzene ring substituents is 1. The molecule has 0 spiro atoms. The molecule has 0 aromatic heterocycles. The van der Waals surface area contributed by atoms with Gasteiger partial charge in [0.05, 0.1) is 21.7 Å². The van der Waals surface area contributed by atoms with Crippen LogP contribution in [0.5, 0.6) is 11.5 Å². The summed E-state index contributed by atoms with van der Waals surface area (Å²) in [7, 11) is 0. The molecule has 0 heterocycles. The zero-order valence-corrected chi connectivity index (χ0v) is 18.2. The number of amides is 1. The van der Waals surface area contributed by atoms with Gasteiger partial charge in [0, 0.05) is 17.2 Å². The summed E-state index contributed by atoms with van der Waals surface area (Å²) >= 11 is 11.8. The normalized spacial score (nSPS) is 10.6. The summed E-state index contributed by atoms with van der Waals surface area (Å²) in [4.78, 5) is 34.1. The number of nitrogens with one attached hydrogen (secondary N) is 1. The molecule has 0 aliphatic rings. The largest absolute Gasteiger partial charge is 0.484 e. The van der Waals surface area contributed by atoms with Crippen molar-refractivity contribution in [1.29, 1.82) is 0 Å². The van der Waals surface area contributed by atoms with Crippen molar-refractivity contribution in [3.63, 3.8) is 0 Å². The van der Waals surface area contributed by atoms with Gasteiger partial charge in [-0.1, -0.05) is 23.2 Å². The van der Waals surface area contributed by atoms with Crippen LogP contribution < -0.4 is 14.9 Å². The SMILES string of the molecule is O=C(COc1ccc([N+](=O)[O-])cc1)NN=Cc1ccc(OC(=O)c2ccc(Cl)cc2Cl)cc1. The molecule has 33 heavy (non-hydrogen) atoms. The molecule has 0 atom stereocenters. The molecule has 0 bridgehead atoms. The Bertz CT molecular complexity index is 1200. The molecule has 168 valence electrons. The molecule has 3 rings (SSSR count). The average molecular weight is 488 g/mol. The highest BCUT2D eigenvalue weighted by Crippen LogP contribution is 2.23. The lowest BCUT2D eigenvalue weighted by Crippen LogP contribution is -2.24. The molecule has 0 fully saturated rings. The van der Waals surface area contributed by atoms with Gasteiger partial charge in [-0.2, -0.15) is 5.10 Å². The molecule has 0 radical (unpaired) electrons. The van der Waals surface area contributed by atoms with Crippen LogP contribution in [0.15, 0.2) is 71.8 Å². The monoisotopic (exact) mass is 487 g/mol. The van der Waals surface area contributed by atoms with Crippen molar-refractivity contribution >= 4 is 47.0 Å². The van der Waals surface area contributed by atoms with Gasteiger partial charge in [0.2, 0.25) is 0 Å². The van der Waals surface area contributed by atoms with Gasteiger partial charge in [-0.3, -0.25) is 14.9 Å². The summed E-state index contributed by atoms with van der Waals surface area (Å²) < 4.78 is 10.5. The highest BCUT2D eigenvalue weighted by molar-refractivity contribution is 6.36. The summed E-state index contributed by atoms with van der Waals surface area (Å²) in [6, 6.07) is 16.2. The van der Waals surface area contributed by atoms with E-state index in [4.69, 9.17) is 32.7 Å². The summed E-state index contributed by atoms with van der Waals surface area (Å²) in [5.74, 6) is -0.540. The van der Waals surface area contributed by atoms with Crippen molar-refractivity contribution < 1.29 is 24.0 Å². The molecule has 0 aliphatic carbocycles. The molecule has 1 amide bonds. The molecule has 9 nitrogen and oxygen atoms in total. The molecular formula is C22H15Cl2N3O6. The maximum atomic E-state index is 12.2. The van der Waals surface area contributed by atoms with E-state index in [0.717, 1.165) is 0 Å². The maximum Gasteiger partial charge on any atom is 0.345 e. The summed E-state index contributed by atoms with van der Waals surface area (Å²) in [5.41, 5.74) is 3.04. The van der Waals surface area contributed by atoms with Crippen LogP contribution in [0.1, 0.15) is 15.9 Å². The third kappa shape index (κ3) is 7.03. The third-order valence-electron chi connectivity index (χ3n) is 4.06. The molecule has 3 aromatic rings. The van der Waals surface area contributed by atoms with E-state index in [9.17, 15) is 19.7 Å². The van der Waals surface area contributed by atoms with Crippen molar-refractivity contribution in [2.45, 2.75) is 0 Å². The first kappa shape index (κ1) is 23.7. The number of nitro benzene ring substituents is 1. The van der Waals surface area contributed by atoms with Crippen LogP contribution in [0.2, 0.25) is 10.0 Å². The van der Waals surface area contributed by atoms with Crippen molar-refractivity contribution in [2.75, 3.05) is 6.61 Å². The smallest absolute Gasteiger partial charge is 0.345 e. The fourth-order valence-electron chi connectivity index (χ4n) is 2.46. The highest BCUT2D eigenvalue weighted by atomic mass is 35.5. The van der Waals surface area contributed by atoms with Crippen LogP contribution in [0.3, 0.4) is 0 Å². The number of rotatable bonds is 8. The van der Waals surface area contributed by atoms with Crippen molar-refractivity contribution in [2.24, 2.45) is 5.10 Å². The number of esters is 1. The number of nitrogens with zero attached hydrogens (tertiary/aromatic N) is 2. The zero-order valence-electron chi connectivity index (χ0n) is 16.7. The van der Waals surface area contributed by atoms with Crippen molar-refractivity contribution in [3.8, 4) is 11.5 Å². The van der Waals surface area contributed by atoms with E-state index in [0.29, 0.717) is 22.1 Å². The van der Waals surface area contributed by atoms with Gasteiger partial charge >= 0.3 is 5.97 Å². The summed E-state index contributed by atoms with van der Waals surface area (Å²) in [6.45, 7) is -0.322. The van der Waals surface area contributed by atoms with Gasteiger partial charge in [0.15, 0.2) is 6.61 Å². The molecular weight excluding hydrogens is 473 g/mol. The van der Waals surface area contributed by atoms with Gasteiger partial charge in [-0.15, -0.1) is 0 Å². The van der Waals surface area contributed by atoms with E-state index in [1.165, 1.54) is 48.7 Å². The lowest BCUT2D eigenvalue weighted by molar-refractivity contribution is -0.384. The minimum absolute atomic E-state index is 0.0778. The van der Waals surface area contributed by atoms with Crippen LogP contribution in [-0.2, 0) is 4.79 Å². The molecule has 0 saturated heterocycles. The number of hydrogen-bond acceptors (Lipinski definition) is 7. The molecule has 0 saturated carbocycles. The Labute approximate surface area is 197 Å². The Balaban J connectivity index is 1.47. The van der Waals surface area contributed by atoms with E-state index < -0.39 is 16.8 Å². The molecule has 0 unspecified atom stereocenters. The van der Waals surface area contributed by atoms with Crippen molar-refractivity contribution in [3.05, 3.63) is 98.0 Å². The van der Waals surface area contributed by atoms with Crippen LogP contribution >= 0.6 is 23.2 Å². The number of carbonyl (C=O) groups excluding carboxylic acids is 2. The predicted octanol–water partition coefficient (Wildman–Crippen LogP) is 4.65. The third-order valence-corrected chi connectivity index (χ3v) is 4.61. The number of benzene rings is 3. The van der Waals surface area contributed by atoms with Gasteiger partial charge in [0.1, 0.15) is 11.5 Å². The summed E-state index contributed by atoms with van der Waals surface area (Å²) in [5, 5.41) is 15.0. The van der Waals surface area contributed by atoms with Gasteiger partial charge < -0.3 is 9.47 Å². The fourth-order valence-corrected chi connectivity index (χ4v) is 2.95. The average Bonchev–Trinajstić information content (AvgIpc) is 2.79. The summed E-state index contributed by atoms with van der Waals surface area (Å²) in [6.07, 6.45) is 1.39. The van der Waals surface area contributed by atoms with Gasteiger partial charge in [-0.05, 0) is 60.2 Å². The van der Waals surface area contributed by atoms with E-state index >= 15 is 0 Å². The number of carbonyl (C=O) groups is 2. The standard InChI is InChI=1S/C22H15Cl2N3O6/c23-15-3-10-19(20(24)11-15)22(29)33-18-6-1-14(2-7-18)12-25-26-21(28)13-32-17-8-4-16(5-9-17)27(30)31/h1-12H,13H2,(H,26,28). The van der Waals surface area contributed by atoms with Crippen LogP contribution in [0.25, 0.3) is 0 Å². The van der Waals surface area contributed by atoms with Crippen LogP contribution in [0, 0.1) is 10.1 Å². The number of hydrogen-bond donors (Lipinski definition) is 1. The Kier molecular flexibility index (Phi) is 7.96. The number of hydrazone groups is 1. The van der Waals surface area contributed by atoms with Gasteiger partial charge in [-0.25, -0.2) is 10.2 Å². The number of ether oxygens (including phenoxy) is 2. The first-order chi connectivity index (χ1) is 15.8.